The molecule has 0 spiro atoms. The van der Waals surface area contributed by atoms with Crippen LogP contribution in [-0.4, -0.2) is 24.5 Å². The van der Waals surface area contributed by atoms with Crippen LogP contribution in [0, 0.1) is 6.92 Å². The molecule has 2 rings (SSSR count). The molecule has 0 fully saturated rings. The predicted molar refractivity (Wildman–Crippen MR) is 65.2 cm³/mol. The average molecular weight is 298 g/mol. The lowest BCUT2D eigenvalue weighted by molar-refractivity contribution is 0.0860. The van der Waals surface area contributed by atoms with Crippen LogP contribution in [0.15, 0.2) is 38.2 Å². The number of carbonyl (C=O) groups excluding carboxylic acids is 2. The van der Waals surface area contributed by atoms with Crippen molar-refractivity contribution in [1.29, 1.82) is 0 Å². The summed E-state index contributed by atoms with van der Waals surface area (Å²) < 4.78 is 40.1. The van der Waals surface area contributed by atoms with Crippen molar-refractivity contribution in [1.82, 2.24) is 0 Å². The van der Waals surface area contributed by atoms with Gasteiger partial charge in [0.25, 0.3) is 0 Å². The van der Waals surface area contributed by atoms with E-state index in [4.69, 9.17) is 8.97 Å². The van der Waals surface area contributed by atoms with Gasteiger partial charge in [-0.2, -0.15) is 8.42 Å². The maximum Gasteiger partial charge on any atom is 0.328 e. The van der Waals surface area contributed by atoms with Crippen molar-refractivity contribution in [3.05, 3.63) is 41.5 Å². The number of hydrogen-bond acceptors (Lipinski definition) is 6. The van der Waals surface area contributed by atoms with E-state index in [0.29, 0.717) is 5.76 Å². The molecule has 0 bridgehead atoms. The average Bonchev–Trinajstić information content (AvgIpc) is 2.95. The zero-order valence-electron chi connectivity index (χ0n) is 10.3. The van der Waals surface area contributed by atoms with Gasteiger partial charge in [0.15, 0.2) is 11.5 Å². The molecule has 7 nitrogen and oxygen atoms in total. The highest BCUT2D eigenvalue weighted by Crippen LogP contribution is 2.16. The van der Waals surface area contributed by atoms with E-state index in [-0.39, 0.29) is 11.5 Å². The van der Waals surface area contributed by atoms with E-state index in [1.165, 1.54) is 6.07 Å². The number of carbonyl (C=O) groups is 2. The lowest BCUT2D eigenvalue weighted by atomic mass is 10.1. The molecule has 0 amide bonds. The lowest BCUT2D eigenvalue weighted by Gasteiger charge is -1.95. The summed E-state index contributed by atoms with van der Waals surface area (Å²) >= 11 is 0. The second kappa shape index (κ2) is 5.06. The third-order valence-electron chi connectivity index (χ3n) is 2.45. The standard InChI is InChI=1S/C12H10O7S/c1-7-2-3-10(18-7)8(13)6-9(14)11-4-5-12(19-11)20(15,16)17/h2-5H,6H2,1H3,(H,15,16,17). The van der Waals surface area contributed by atoms with E-state index in [0.717, 1.165) is 12.1 Å². The van der Waals surface area contributed by atoms with E-state index in [9.17, 15) is 18.0 Å². The van der Waals surface area contributed by atoms with Gasteiger partial charge in [0.2, 0.25) is 16.7 Å². The summed E-state index contributed by atoms with van der Waals surface area (Å²) in [6, 6.07) is 5.04. The maximum atomic E-state index is 11.7. The molecule has 0 atom stereocenters. The van der Waals surface area contributed by atoms with Crippen molar-refractivity contribution < 1.29 is 31.4 Å². The summed E-state index contributed by atoms with van der Waals surface area (Å²) in [6.45, 7) is 1.66. The molecule has 0 aliphatic carbocycles. The highest BCUT2D eigenvalue weighted by atomic mass is 32.2. The van der Waals surface area contributed by atoms with Gasteiger partial charge < -0.3 is 8.83 Å². The minimum atomic E-state index is -4.52. The van der Waals surface area contributed by atoms with Crippen LogP contribution in [0.2, 0.25) is 0 Å². The number of aryl methyl sites for hydroxylation is 1. The van der Waals surface area contributed by atoms with Crippen LogP contribution in [0.1, 0.15) is 33.3 Å². The normalized spacial score (nSPS) is 11.5. The first-order valence-corrected chi connectivity index (χ1v) is 6.91. The highest BCUT2D eigenvalue weighted by molar-refractivity contribution is 7.85. The Hall–Kier alpha value is -2.19. The minimum Gasteiger partial charge on any atom is -0.458 e. The van der Waals surface area contributed by atoms with Gasteiger partial charge in [0, 0.05) is 0 Å². The molecule has 0 unspecified atom stereocenters. The molecule has 0 aliphatic heterocycles. The topological polar surface area (TPSA) is 115 Å². The number of hydrogen-bond donors (Lipinski definition) is 1. The minimum absolute atomic E-state index is 0.0393. The van der Waals surface area contributed by atoms with E-state index in [1.54, 1.807) is 13.0 Å². The first kappa shape index (κ1) is 14.2. The SMILES string of the molecule is Cc1ccc(C(=O)CC(=O)c2ccc(S(=O)(=O)O)o2)o1. The third-order valence-corrected chi connectivity index (χ3v) is 3.17. The predicted octanol–water partition coefficient (Wildman–Crippen LogP) is 1.88. The van der Waals surface area contributed by atoms with E-state index < -0.39 is 33.2 Å². The van der Waals surface area contributed by atoms with Crippen molar-refractivity contribution in [3.8, 4) is 0 Å². The number of furan rings is 2. The Balaban J connectivity index is 2.13. The molecule has 2 heterocycles. The van der Waals surface area contributed by atoms with Crippen molar-refractivity contribution in [2.45, 2.75) is 18.4 Å². The molecule has 0 aliphatic rings. The summed E-state index contributed by atoms with van der Waals surface area (Å²) in [6.07, 6.45) is -0.522. The summed E-state index contributed by atoms with van der Waals surface area (Å²) in [5, 5.41) is -0.748. The van der Waals surface area contributed by atoms with Crippen LogP contribution >= 0.6 is 0 Å². The summed E-state index contributed by atoms with van der Waals surface area (Å²) in [5.74, 6) is -1.01. The maximum absolute atomic E-state index is 11.7. The Kier molecular flexibility index (Phi) is 3.60. The molecule has 0 radical (unpaired) electrons. The number of rotatable bonds is 5. The van der Waals surface area contributed by atoms with Crippen LogP contribution in [0.5, 0.6) is 0 Å². The Bertz CT molecular complexity index is 763. The van der Waals surface area contributed by atoms with E-state index >= 15 is 0 Å². The first-order valence-electron chi connectivity index (χ1n) is 5.47. The number of Topliss-reactive ketones (excluding diaryl/α,β-unsaturated/α-hetero) is 2. The Morgan fingerprint density at radius 2 is 1.60 bits per heavy atom. The van der Waals surface area contributed by atoms with Crippen LogP contribution in [0.4, 0.5) is 0 Å². The molecule has 0 aromatic carbocycles. The van der Waals surface area contributed by atoms with E-state index in [2.05, 4.69) is 4.42 Å². The fourth-order valence-electron chi connectivity index (χ4n) is 1.51. The van der Waals surface area contributed by atoms with Gasteiger partial charge in [-0.25, -0.2) is 0 Å². The summed E-state index contributed by atoms with van der Waals surface area (Å²) in [4.78, 5) is 23.5. The van der Waals surface area contributed by atoms with Gasteiger partial charge in [-0.15, -0.1) is 0 Å². The second-order valence-electron chi connectivity index (χ2n) is 4.03. The van der Waals surface area contributed by atoms with Crippen molar-refractivity contribution in [2.75, 3.05) is 0 Å². The van der Waals surface area contributed by atoms with Crippen molar-refractivity contribution >= 4 is 21.7 Å². The summed E-state index contributed by atoms with van der Waals surface area (Å²) in [5.41, 5.74) is 0. The quantitative estimate of drug-likeness (QED) is 0.509. The lowest BCUT2D eigenvalue weighted by Crippen LogP contribution is -2.07. The molecule has 20 heavy (non-hydrogen) atoms. The van der Waals surface area contributed by atoms with Gasteiger partial charge >= 0.3 is 10.1 Å². The van der Waals surface area contributed by atoms with Crippen LogP contribution < -0.4 is 0 Å². The van der Waals surface area contributed by atoms with Gasteiger partial charge in [-0.3, -0.25) is 14.1 Å². The molecular weight excluding hydrogens is 288 g/mol. The molecule has 106 valence electrons. The third kappa shape index (κ3) is 3.03. The Morgan fingerprint density at radius 3 is 2.05 bits per heavy atom. The molecule has 0 saturated carbocycles. The monoisotopic (exact) mass is 298 g/mol. The van der Waals surface area contributed by atoms with Gasteiger partial charge in [0.1, 0.15) is 5.76 Å². The van der Waals surface area contributed by atoms with Crippen LogP contribution in [-0.2, 0) is 10.1 Å². The highest BCUT2D eigenvalue weighted by Gasteiger charge is 2.22. The van der Waals surface area contributed by atoms with Gasteiger partial charge in [-0.05, 0) is 31.2 Å². The Labute approximate surface area is 113 Å². The molecular formula is C12H10O7S. The summed E-state index contributed by atoms with van der Waals surface area (Å²) in [7, 11) is -4.52. The van der Waals surface area contributed by atoms with Crippen molar-refractivity contribution in [2.24, 2.45) is 0 Å². The van der Waals surface area contributed by atoms with E-state index in [1.807, 2.05) is 0 Å². The van der Waals surface area contributed by atoms with Crippen molar-refractivity contribution in [3.63, 3.8) is 0 Å². The van der Waals surface area contributed by atoms with Crippen LogP contribution in [0.25, 0.3) is 0 Å². The molecule has 0 saturated heterocycles. The van der Waals surface area contributed by atoms with Gasteiger partial charge in [0.05, 0.1) is 6.42 Å². The largest absolute Gasteiger partial charge is 0.458 e. The van der Waals surface area contributed by atoms with Crippen LogP contribution in [0.3, 0.4) is 0 Å². The Morgan fingerprint density at radius 1 is 1.05 bits per heavy atom. The molecule has 2 aromatic heterocycles. The zero-order valence-corrected chi connectivity index (χ0v) is 11.1. The molecule has 1 N–H and O–H groups in total. The zero-order chi connectivity index (χ0) is 14.9. The van der Waals surface area contributed by atoms with Gasteiger partial charge in [-0.1, -0.05) is 0 Å². The smallest absolute Gasteiger partial charge is 0.328 e. The fourth-order valence-corrected chi connectivity index (χ4v) is 1.95. The second-order valence-corrected chi connectivity index (χ2v) is 5.38. The first-order chi connectivity index (χ1) is 9.27. The fraction of sp³-hybridized carbons (Fsp3) is 0.167. The molecule has 2 aromatic rings. The molecule has 8 heteroatoms. The number of ketones is 2.